The Bertz CT molecular complexity index is 479. The Balaban J connectivity index is 2.01. The van der Waals surface area contributed by atoms with Crippen LogP contribution < -0.4 is 11.1 Å². The Morgan fingerprint density at radius 1 is 1.35 bits per heavy atom. The number of carbonyl (C=O) groups excluding carboxylic acids is 1. The topological polar surface area (TPSA) is 58.4 Å². The minimum atomic E-state index is 0.0441. The predicted molar refractivity (Wildman–Crippen MR) is 83.5 cm³/mol. The number of rotatable bonds is 2. The van der Waals surface area contributed by atoms with Crippen molar-refractivity contribution in [1.29, 1.82) is 0 Å². The molecule has 2 rings (SSSR count). The molecular formula is C16H25N3O. The summed E-state index contributed by atoms with van der Waals surface area (Å²) in [5.41, 5.74) is 7.31. The molecule has 0 aliphatic carbocycles. The molecule has 1 saturated heterocycles. The summed E-state index contributed by atoms with van der Waals surface area (Å²) in [6.07, 6.45) is 2.02. The number of para-hydroxylation sites is 2. The van der Waals surface area contributed by atoms with Crippen LogP contribution in [0.15, 0.2) is 24.3 Å². The first-order chi connectivity index (χ1) is 9.38. The molecule has 0 radical (unpaired) electrons. The van der Waals surface area contributed by atoms with Crippen molar-refractivity contribution in [2.45, 2.75) is 39.2 Å². The first-order valence-electron chi connectivity index (χ1n) is 7.28. The van der Waals surface area contributed by atoms with Gasteiger partial charge in [0.2, 0.25) is 5.91 Å². The molecule has 1 aliphatic rings. The van der Waals surface area contributed by atoms with E-state index in [1.807, 2.05) is 18.2 Å². The largest absolute Gasteiger partial charge is 0.397 e. The van der Waals surface area contributed by atoms with E-state index in [2.05, 4.69) is 31.0 Å². The van der Waals surface area contributed by atoms with Crippen LogP contribution in [0.5, 0.6) is 0 Å². The molecule has 0 spiro atoms. The van der Waals surface area contributed by atoms with Gasteiger partial charge >= 0.3 is 0 Å². The molecule has 0 bridgehead atoms. The van der Waals surface area contributed by atoms with Gasteiger partial charge in [0, 0.05) is 12.1 Å². The fourth-order valence-electron chi connectivity index (χ4n) is 2.65. The number of nitrogens with two attached hydrogens (primary N) is 1. The number of amides is 1. The van der Waals surface area contributed by atoms with Crippen LogP contribution in [0.4, 0.5) is 11.4 Å². The Kier molecular flexibility index (Phi) is 4.33. The number of nitrogens with one attached hydrogen (secondary N) is 1. The van der Waals surface area contributed by atoms with Crippen molar-refractivity contribution in [3.63, 3.8) is 0 Å². The number of hydrogen-bond donors (Lipinski definition) is 2. The Labute approximate surface area is 121 Å². The first-order valence-corrected chi connectivity index (χ1v) is 7.28. The van der Waals surface area contributed by atoms with E-state index in [9.17, 15) is 4.79 Å². The zero-order valence-electron chi connectivity index (χ0n) is 12.6. The zero-order valence-corrected chi connectivity index (χ0v) is 12.6. The van der Waals surface area contributed by atoms with Crippen LogP contribution in [0.2, 0.25) is 0 Å². The normalized spacial score (nSPS) is 20.6. The molecule has 1 aromatic carbocycles. The molecule has 4 nitrogen and oxygen atoms in total. The molecule has 0 aromatic heterocycles. The molecule has 1 aliphatic heterocycles. The second-order valence-corrected chi connectivity index (χ2v) is 6.53. The van der Waals surface area contributed by atoms with Gasteiger partial charge in [0.15, 0.2) is 0 Å². The molecule has 1 amide bonds. The van der Waals surface area contributed by atoms with Crippen LogP contribution in [0.1, 0.15) is 33.6 Å². The summed E-state index contributed by atoms with van der Waals surface area (Å²) >= 11 is 0. The number of anilines is 2. The van der Waals surface area contributed by atoms with Gasteiger partial charge in [0.25, 0.3) is 0 Å². The summed E-state index contributed by atoms with van der Waals surface area (Å²) in [6, 6.07) is 7.40. The van der Waals surface area contributed by atoms with Gasteiger partial charge in [-0.2, -0.15) is 0 Å². The average Bonchev–Trinajstić information content (AvgIpc) is 2.40. The maximum atomic E-state index is 12.4. The summed E-state index contributed by atoms with van der Waals surface area (Å²) < 4.78 is 0. The molecule has 1 heterocycles. The van der Waals surface area contributed by atoms with Crippen LogP contribution in [0, 0.1) is 5.92 Å². The number of benzene rings is 1. The van der Waals surface area contributed by atoms with E-state index in [-0.39, 0.29) is 17.4 Å². The molecular weight excluding hydrogens is 250 g/mol. The van der Waals surface area contributed by atoms with Gasteiger partial charge in [-0.3, -0.25) is 9.69 Å². The fourth-order valence-corrected chi connectivity index (χ4v) is 2.65. The summed E-state index contributed by atoms with van der Waals surface area (Å²) in [5, 5.41) is 2.96. The fraction of sp³-hybridized carbons (Fsp3) is 0.562. The maximum Gasteiger partial charge on any atom is 0.228 e. The van der Waals surface area contributed by atoms with E-state index in [1.165, 1.54) is 0 Å². The lowest BCUT2D eigenvalue weighted by Crippen LogP contribution is -2.49. The van der Waals surface area contributed by atoms with E-state index in [0.29, 0.717) is 11.4 Å². The Morgan fingerprint density at radius 3 is 2.70 bits per heavy atom. The minimum absolute atomic E-state index is 0.0441. The van der Waals surface area contributed by atoms with Crippen molar-refractivity contribution in [3.8, 4) is 0 Å². The van der Waals surface area contributed by atoms with Crippen LogP contribution in [-0.2, 0) is 4.79 Å². The van der Waals surface area contributed by atoms with Gasteiger partial charge in [-0.1, -0.05) is 12.1 Å². The van der Waals surface area contributed by atoms with Crippen molar-refractivity contribution in [2.75, 3.05) is 24.1 Å². The van der Waals surface area contributed by atoms with Crippen molar-refractivity contribution < 1.29 is 4.79 Å². The number of hydrogen-bond acceptors (Lipinski definition) is 3. The second kappa shape index (κ2) is 5.83. The highest BCUT2D eigenvalue weighted by atomic mass is 16.1. The molecule has 1 unspecified atom stereocenters. The van der Waals surface area contributed by atoms with Crippen LogP contribution in [0.3, 0.4) is 0 Å². The number of piperidine rings is 1. The molecule has 1 aromatic rings. The van der Waals surface area contributed by atoms with E-state index in [4.69, 9.17) is 5.73 Å². The molecule has 20 heavy (non-hydrogen) atoms. The summed E-state index contributed by atoms with van der Waals surface area (Å²) in [6.45, 7) is 8.48. The predicted octanol–water partition coefficient (Wildman–Crippen LogP) is 2.72. The van der Waals surface area contributed by atoms with Crippen LogP contribution in [-0.4, -0.2) is 29.4 Å². The smallest absolute Gasteiger partial charge is 0.228 e. The van der Waals surface area contributed by atoms with Crippen molar-refractivity contribution in [2.24, 2.45) is 5.92 Å². The van der Waals surface area contributed by atoms with Gasteiger partial charge in [0.1, 0.15) is 0 Å². The number of nitrogen functional groups attached to an aromatic ring is 1. The Hall–Kier alpha value is -1.55. The van der Waals surface area contributed by atoms with Gasteiger partial charge in [-0.05, 0) is 52.3 Å². The molecule has 4 heteroatoms. The monoisotopic (exact) mass is 275 g/mol. The van der Waals surface area contributed by atoms with Gasteiger partial charge < -0.3 is 11.1 Å². The number of likely N-dealkylation sites (tertiary alicyclic amines) is 1. The highest BCUT2D eigenvalue weighted by molar-refractivity contribution is 5.95. The lowest BCUT2D eigenvalue weighted by atomic mass is 9.92. The van der Waals surface area contributed by atoms with E-state index >= 15 is 0 Å². The van der Waals surface area contributed by atoms with Gasteiger partial charge in [-0.25, -0.2) is 0 Å². The summed E-state index contributed by atoms with van der Waals surface area (Å²) in [7, 11) is 0. The molecule has 1 fully saturated rings. The summed E-state index contributed by atoms with van der Waals surface area (Å²) in [4.78, 5) is 14.8. The lowest BCUT2D eigenvalue weighted by Gasteiger charge is -2.41. The third kappa shape index (κ3) is 3.51. The number of nitrogens with zero attached hydrogens (tertiary/aromatic N) is 1. The SMILES string of the molecule is CC(C)(C)N1CCCC(C(=O)Nc2ccccc2N)C1. The highest BCUT2D eigenvalue weighted by Gasteiger charge is 2.31. The average molecular weight is 275 g/mol. The third-order valence-electron chi connectivity index (χ3n) is 3.96. The number of carbonyl (C=O) groups is 1. The zero-order chi connectivity index (χ0) is 14.8. The first kappa shape index (κ1) is 14.9. The van der Waals surface area contributed by atoms with E-state index in [1.54, 1.807) is 6.07 Å². The maximum absolute atomic E-state index is 12.4. The Morgan fingerprint density at radius 2 is 2.05 bits per heavy atom. The van der Waals surface area contributed by atoms with Crippen molar-refractivity contribution >= 4 is 17.3 Å². The molecule has 3 N–H and O–H groups in total. The van der Waals surface area contributed by atoms with Gasteiger partial charge in [0.05, 0.1) is 17.3 Å². The standard InChI is InChI=1S/C16H25N3O/c1-16(2,3)19-10-6-7-12(11-19)15(20)18-14-9-5-4-8-13(14)17/h4-5,8-9,12H,6-7,10-11,17H2,1-3H3,(H,18,20). The third-order valence-corrected chi connectivity index (χ3v) is 3.96. The van der Waals surface area contributed by atoms with E-state index < -0.39 is 0 Å². The van der Waals surface area contributed by atoms with Crippen molar-refractivity contribution in [3.05, 3.63) is 24.3 Å². The summed E-state index contributed by atoms with van der Waals surface area (Å²) in [5.74, 6) is 0.124. The van der Waals surface area contributed by atoms with Crippen LogP contribution in [0.25, 0.3) is 0 Å². The van der Waals surface area contributed by atoms with Crippen molar-refractivity contribution in [1.82, 2.24) is 4.90 Å². The highest BCUT2D eigenvalue weighted by Crippen LogP contribution is 2.25. The van der Waals surface area contributed by atoms with Gasteiger partial charge in [-0.15, -0.1) is 0 Å². The molecule has 0 saturated carbocycles. The van der Waals surface area contributed by atoms with Crippen LogP contribution >= 0.6 is 0 Å². The molecule has 1 atom stereocenters. The lowest BCUT2D eigenvalue weighted by molar-refractivity contribution is -0.122. The quantitative estimate of drug-likeness (QED) is 0.816. The minimum Gasteiger partial charge on any atom is -0.397 e. The van der Waals surface area contributed by atoms with E-state index in [0.717, 1.165) is 25.9 Å². The molecule has 110 valence electrons. The second-order valence-electron chi connectivity index (χ2n) is 6.53.